The van der Waals surface area contributed by atoms with Crippen molar-refractivity contribution >= 4 is 21.0 Å². The molecule has 0 aliphatic heterocycles. The van der Waals surface area contributed by atoms with E-state index in [2.05, 4.69) is 12.5 Å². The van der Waals surface area contributed by atoms with Crippen LogP contribution >= 0.6 is 0 Å². The van der Waals surface area contributed by atoms with Gasteiger partial charge in [0.1, 0.15) is 12.5 Å². The van der Waals surface area contributed by atoms with Crippen molar-refractivity contribution in [3.63, 3.8) is 0 Å². The molecule has 0 bridgehead atoms. The van der Waals surface area contributed by atoms with E-state index >= 15 is 0 Å². The Morgan fingerprint density at radius 2 is 1.11 bits per heavy atom. The van der Waals surface area contributed by atoms with Crippen LogP contribution in [0.3, 0.4) is 0 Å². The van der Waals surface area contributed by atoms with E-state index in [9.17, 15) is 26.3 Å². The first kappa shape index (κ1) is 23.3. The topological polar surface area (TPSA) is 57.2 Å². The van der Waals surface area contributed by atoms with E-state index in [0.717, 1.165) is 23.3 Å². The van der Waals surface area contributed by atoms with Crippen LogP contribution in [0.4, 0.5) is 26.3 Å². The van der Waals surface area contributed by atoms with Crippen LogP contribution in [0, 0.1) is 0 Å². The lowest BCUT2D eigenvalue weighted by atomic mass is 10.0. The first-order chi connectivity index (χ1) is 12.1. The van der Waals surface area contributed by atoms with Crippen LogP contribution in [-0.2, 0) is 27.2 Å². The maximum atomic E-state index is 12.5. The summed E-state index contributed by atoms with van der Waals surface area (Å²) in [6.07, 6.45) is -0.0125. The molecule has 0 aliphatic rings. The highest BCUT2D eigenvalue weighted by Crippen LogP contribution is 2.31. The number of alkyl halides is 6. The summed E-state index contributed by atoms with van der Waals surface area (Å²) in [6, 6.07) is 13.2. The molecule has 0 aromatic heterocycles. The molecule has 3 nitrogen and oxygen atoms in total. The lowest BCUT2D eigenvalue weighted by molar-refractivity contribution is -0.137. The van der Waals surface area contributed by atoms with E-state index < -0.39 is 27.4 Å². The molecule has 0 amide bonds. The number of halogens is 6. The third-order valence-electron chi connectivity index (χ3n) is 3.15. The van der Waals surface area contributed by atoms with E-state index in [1.54, 1.807) is 0 Å². The second-order valence-corrected chi connectivity index (χ2v) is 8.79. The van der Waals surface area contributed by atoms with Crippen LogP contribution < -0.4 is 0 Å². The maximum Gasteiger partial charge on any atom is 0.485 e. The molecule has 2 aromatic rings. The predicted molar refractivity (Wildman–Crippen MR) is 90.1 cm³/mol. The second kappa shape index (κ2) is 8.53. The van der Waals surface area contributed by atoms with E-state index in [-0.39, 0.29) is 10.9 Å². The van der Waals surface area contributed by atoms with Gasteiger partial charge < -0.3 is 4.55 Å². The normalized spacial score (nSPS) is 12.5. The quantitative estimate of drug-likeness (QED) is 0.300. The number of benzene rings is 2. The zero-order valence-corrected chi connectivity index (χ0v) is 15.6. The molecular weight excluding hydrogens is 418 g/mol. The molecule has 0 N–H and O–H groups in total. The van der Waals surface area contributed by atoms with Crippen molar-refractivity contribution in [1.29, 1.82) is 0 Å². The van der Waals surface area contributed by atoms with Gasteiger partial charge in [-0.2, -0.15) is 26.3 Å². The molecule has 0 aliphatic carbocycles. The van der Waals surface area contributed by atoms with Crippen LogP contribution in [0.2, 0.25) is 0 Å². The van der Waals surface area contributed by atoms with Crippen molar-refractivity contribution in [2.75, 3.05) is 12.5 Å². The summed E-state index contributed by atoms with van der Waals surface area (Å²) in [5.41, 5.74) is -4.53. The zero-order chi connectivity index (χ0) is 21.0. The van der Waals surface area contributed by atoms with Gasteiger partial charge in [0.05, 0.1) is 5.56 Å². The van der Waals surface area contributed by atoms with Crippen LogP contribution in [0.25, 0.3) is 11.1 Å². The van der Waals surface area contributed by atoms with Gasteiger partial charge in [-0.05, 0) is 47.5 Å². The molecule has 150 valence electrons. The van der Waals surface area contributed by atoms with Gasteiger partial charge >= 0.3 is 11.7 Å². The molecule has 2 aromatic carbocycles. The van der Waals surface area contributed by atoms with Gasteiger partial charge in [-0.3, -0.25) is 0 Å². The molecule has 2 rings (SSSR count). The summed E-state index contributed by atoms with van der Waals surface area (Å²) < 4.78 is 96.3. The molecule has 11 heteroatoms. The largest absolute Gasteiger partial charge is 0.741 e. The summed E-state index contributed by atoms with van der Waals surface area (Å²) in [7, 11) is -5.90. The zero-order valence-electron chi connectivity index (χ0n) is 13.9. The maximum absolute atomic E-state index is 12.5. The summed E-state index contributed by atoms with van der Waals surface area (Å²) in [4.78, 5) is 1.25. The third kappa shape index (κ3) is 7.07. The molecule has 0 saturated carbocycles. The molecule has 0 saturated heterocycles. The Hall–Kier alpha value is -1.72. The minimum atomic E-state index is -6.09. The second-order valence-electron chi connectivity index (χ2n) is 5.32. The number of hydrogen-bond acceptors (Lipinski definition) is 3. The van der Waals surface area contributed by atoms with Gasteiger partial charge in [-0.15, -0.1) is 0 Å². The predicted octanol–water partition coefficient (Wildman–Crippen LogP) is 4.66. The molecule has 0 spiro atoms. The van der Waals surface area contributed by atoms with E-state index in [4.69, 9.17) is 13.0 Å². The van der Waals surface area contributed by atoms with Gasteiger partial charge in [-0.25, -0.2) is 8.42 Å². The summed E-state index contributed by atoms with van der Waals surface area (Å²) in [5.74, 6) is 0. The lowest BCUT2D eigenvalue weighted by Gasteiger charge is -2.08. The lowest BCUT2D eigenvalue weighted by Crippen LogP contribution is -2.21. The molecular formula is C16H14F6O3S2. The Morgan fingerprint density at radius 1 is 0.778 bits per heavy atom. The monoisotopic (exact) mass is 432 g/mol. The smallest absolute Gasteiger partial charge is 0.485 e. The van der Waals surface area contributed by atoms with Crippen LogP contribution in [-0.4, -0.2) is 31.0 Å². The number of rotatable bonds is 2. The first-order valence-electron chi connectivity index (χ1n) is 7.00. The van der Waals surface area contributed by atoms with Crippen molar-refractivity contribution in [3.8, 4) is 11.1 Å². The van der Waals surface area contributed by atoms with Crippen LogP contribution in [0.15, 0.2) is 53.4 Å². The fourth-order valence-corrected chi connectivity index (χ4v) is 2.45. The van der Waals surface area contributed by atoms with E-state index in [0.29, 0.717) is 0 Å². The van der Waals surface area contributed by atoms with Crippen molar-refractivity contribution in [2.24, 2.45) is 0 Å². The fraction of sp³-hybridized carbons (Fsp3) is 0.250. The van der Waals surface area contributed by atoms with E-state index in [1.165, 1.54) is 17.0 Å². The van der Waals surface area contributed by atoms with E-state index in [1.807, 2.05) is 24.3 Å². The SMILES string of the molecule is C[S+](C)c1ccc(-c2ccc(C(F)(F)F)cc2)cc1.O=S(=O)([O-])C(F)(F)F. The highest BCUT2D eigenvalue weighted by molar-refractivity contribution is 7.95. The van der Waals surface area contributed by atoms with Gasteiger partial charge in [-0.1, -0.05) is 12.1 Å². The molecule has 0 fully saturated rings. The van der Waals surface area contributed by atoms with Gasteiger partial charge in [0.25, 0.3) is 0 Å². The summed E-state index contributed by atoms with van der Waals surface area (Å²) in [5, 5.41) is 0. The Balaban J connectivity index is 0.000000387. The Morgan fingerprint density at radius 3 is 1.37 bits per heavy atom. The summed E-state index contributed by atoms with van der Waals surface area (Å²) >= 11 is 0. The van der Waals surface area contributed by atoms with Gasteiger partial charge in [0.2, 0.25) is 0 Å². The minimum Gasteiger partial charge on any atom is -0.741 e. The van der Waals surface area contributed by atoms with Gasteiger partial charge in [0, 0.05) is 10.9 Å². The Kier molecular flexibility index (Phi) is 7.37. The van der Waals surface area contributed by atoms with Crippen LogP contribution in [0.1, 0.15) is 5.56 Å². The van der Waals surface area contributed by atoms with Crippen molar-refractivity contribution < 1.29 is 39.3 Å². The number of hydrogen-bond donors (Lipinski definition) is 0. The molecule has 0 radical (unpaired) electrons. The molecule has 0 heterocycles. The van der Waals surface area contributed by atoms with Crippen LogP contribution in [0.5, 0.6) is 0 Å². The van der Waals surface area contributed by atoms with Crippen molar-refractivity contribution in [3.05, 3.63) is 54.1 Å². The summed E-state index contributed by atoms with van der Waals surface area (Å²) in [6.45, 7) is 0. The first-order valence-corrected chi connectivity index (χ1v) is 10.5. The van der Waals surface area contributed by atoms with Crippen molar-refractivity contribution in [2.45, 2.75) is 16.6 Å². The highest BCUT2D eigenvalue weighted by Gasteiger charge is 2.37. The Labute approximate surface area is 155 Å². The molecule has 27 heavy (non-hydrogen) atoms. The third-order valence-corrected chi connectivity index (χ3v) is 4.94. The van der Waals surface area contributed by atoms with Gasteiger partial charge in [0.15, 0.2) is 15.0 Å². The minimum absolute atomic E-state index is 0.192. The average Bonchev–Trinajstić information content (AvgIpc) is 2.53. The van der Waals surface area contributed by atoms with Crippen molar-refractivity contribution in [1.82, 2.24) is 0 Å². The molecule has 0 unspecified atom stereocenters. The average molecular weight is 432 g/mol. The standard InChI is InChI=1S/C15H14F3S.CHF3O3S/c1-19(2)14-9-5-12(6-10-14)11-3-7-13(8-4-11)15(16,17)18;2-1(3,4)8(5,6)7/h3-10H,1-2H3;(H,5,6,7)/q+1;/p-1. The fourth-order valence-electron chi connectivity index (χ4n) is 1.77. The Bertz CT molecular complexity index is 840. The highest BCUT2D eigenvalue weighted by atomic mass is 32.2. The molecule has 0 atom stereocenters.